The molecule has 2 aromatic rings. The summed E-state index contributed by atoms with van der Waals surface area (Å²) in [6, 6.07) is 2.06. The van der Waals surface area contributed by atoms with E-state index in [1.807, 2.05) is 12.4 Å². The number of hydrogen-bond acceptors (Lipinski definition) is 2. The number of nitrogens with zero attached hydrogens (tertiary/aromatic N) is 2. The number of fused-ring (bicyclic) bond motifs is 3. The van der Waals surface area contributed by atoms with Crippen LogP contribution in [0.25, 0.3) is 11.0 Å². The van der Waals surface area contributed by atoms with Crippen LogP contribution in [0.4, 0.5) is 0 Å². The topological polar surface area (TPSA) is 33.6 Å². The normalized spacial score (nSPS) is 30.3. The molecule has 94 valence electrons. The van der Waals surface area contributed by atoms with Crippen LogP contribution in [0, 0.1) is 22.5 Å². The lowest BCUT2D eigenvalue weighted by Crippen LogP contribution is -2.17. The van der Waals surface area contributed by atoms with Crippen LogP contribution in [0.5, 0.6) is 0 Å². The zero-order valence-corrected chi connectivity index (χ0v) is 11.1. The van der Waals surface area contributed by atoms with Crippen LogP contribution < -0.4 is 0 Å². The highest BCUT2D eigenvalue weighted by molar-refractivity contribution is 7.71. The van der Waals surface area contributed by atoms with Crippen LogP contribution in [0.2, 0.25) is 0 Å². The number of pyridine rings is 1. The van der Waals surface area contributed by atoms with Gasteiger partial charge in [0.05, 0.1) is 17.2 Å². The van der Waals surface area contributed by atoms with Crippen LogP contribution >= 0.6 is 12.2 Å². The first kappa shape index (κ1) is 10.7. The Morgan fingerprint density at radius 3 is 3.11 bits per heavy atom. The van der Waals surface area contributed by atoms with Crippen molar-refractivity contribution in [2.24, 2.45) is 17.8 Å². The number of aromatic nitrogens is 3. The average molecular weight is 259 g/mol. The molecule has 2 aliphatic rings. The minimum Gasteiger partial charge on any atom is -0.329 e. The molecular weight excluding hydrogens is 242 g/mol. The summed E-state index contributed by atoms with van der Waals surface area (Å²) in [7, 11) is 0. The Balaban J connectivity index is 1.70. The molecule has 0 aromatic carbocycles. The lowest BCUT2D eigenvalue weighted by molar-refractivity contribution is 0.297. The largest absolute Gasteiger partial charge is 0.329 e. The van der Waals surface area contributed by atoms with Crippen molar-refractivity contribution in [3.63, 3.8) is 0 Å². The highest BCUT2D eigenvalue weighted by atomic mass is 32.1. The summed E-state index contributed by atoms with van der Waals surface area (Å²) in [5.41, 5.74) is 2.27. The number of nitrogens with one attached hydrogen (secondary N) is 1. The number of aromatic amines is 1. The lowest BCUT2D eigenvalue weighted by Gasteiger charge is -2.22. The second-order valence-corrected chi connectivity index (χ2v) is 6.26. The Morgan fingerprint density at radius 2 is 2.33 bits per heavy atom. The van der Waals surface area contributed by atoms with Gasteiger partial charge in [0.15, 0.2) is 4.77 Å². The summed E-state index contributed by atoms with van der Waals surface area (Å²) >= 11 is 5.45. The van der Waals surface area contributed by atoms with Crippen LogP contribution in [0.15, 0.2) is 18.5 Å². The van der Waals surface area contributed by atoms with Crippen molar-refractivity contribution in [3.8, 4) is 0 Å². The zero-order chi connectivity index (χ0) is 12.1. The van der Waals surface area contributed by atoms with Crippen molar-refractivity contribution < 1.29 is 0 Å². The van der Waals surface area contributed by atoms with Gasteiger partial charge in [0.25, 0.3) is 0 Å². The van der Waals surface area contributed by atoms with E-state index in [-0.39, 0.29) is 0 Å². The molecule has 4 rings (SSSR count). The lowest BCUT2D eigenvalue weighted by atomic mass is 9.89. The van der Waals surface area contributed by atoms with Gasteiger partial charge in [0.1, 0.15) is 0 Å². The number of imidazole rings is 1. The summed E-state index contributed by atoms with van der Waals surface area (Å²) in [6.07, 6.45) is 9.48. The first-order valence-electron chi connectivity index (χ1n) is 6.84. The molecule has 3 unspecified atom stereocenters. The molecule has 2 saturated carbocycles. The molecule has 18 heavy (non-hydrogen) atoms. The van der Waals surface area contributed by atoms with E-state index in [2.05, 4.69) is 20.6 Å². The fourth-order valence-corrected chi connectivity index (χ4v) is 4.31. The third-order valence-electron chi connectivity index (χ3n) is 4.88. The van der Waals surface area contributed by atoms with E-state index in [9.17, 15) is 0 Å². The third kappa shape index (κ3) is 1.55. The molecule has 2 bridgehead atoms. The maximum atomic E-state index is 5.45. The van der Waals surface area contributed by atoms with E-state index in [1.54, 1.807) is 0 Å². The van der Waals surface area contributed by atoms with Crippen molar-refractivity contribution in [2.45, 2.75) is 32.2 Å². The Morgan fingerprint density at radius 1 is 1.39 bits per heavy atom. The third-order valence-corrected chi connectivity index (χ3v) is 5.20. The van der Waals surface area contributed by atoms with Crippen molar-refractivity contribution in [2.75, 3.05) is 0 Å². The minimum absolute atomic E-state index is 0.836. The van der Waals surface area contributed by atoms with Crippen LogP contribution in [0.1, 0.15) is 25.7 Å². The van der Waals surface area contributed by atoms with E-state index >= 15 is 0 Å². The summed E-state index contributed by atoms with van der Waals surface area (Å²) < 4.78 is 3.12. The second-order valence-electron chi connectivity index (χ2n) is 5.87. The van der Waals surface area contributed by atoms with Gasteiger partial charge in [-0.3, -0.25) is 4.98 Å². The molecule has 3 nitrogen and oxygen atoms in total. The average Bonchev–Trinajstić information content (AvgIpc) is 3.05. The van der Waals surface area contributed by atoms with E-state index < -0.39 is 0 Å². The van der Waals surface area contributed by atoms with Gasteiger partial charge in [-0.05, 0) is 55.3 Å². The summed E-state index contributed by atoms with van der Waals surface area (Å²) in [5, 5.41) is 0. The first-order valence-corrected chi connectivity index (χ1v) is 7.24. The SMILES string of the molecule is S=c1[nH]c2cnccc2n1CC1CC2CCC1C2. The van der Waals surface area contributed by atoms with Crippen LogP contribution in [0.3, 0.4) is 0 Å². The monoisotopic (exact) mass is 259 g/mol. The van der Waals surface area contributed by atoms with E-state index in [1.165, 1.54) is 31.2 Å². The maximum absolute atomic E-state index is 5.45. The standard InChI is InChI=1S/C14H17N3S/c18-14-16-12-7-15-4-3-13(12)17(14)8-11-6-9-1-2-10(11)5-9/h3-4,7,9-11H,1-2,5-6,8H2,(H,16,18). The van der Waals surface area contributed by atoms with Gasteiger partial charge in [-0.2, -0.15) is 0 Å². The Hall–Kier alpha value is -1.16. The van der Waals surface area contributed by atoms with E-state index in [0.717, 1.165) is 34.6 Å². The fourth-order valence-electron chi connectivity index (χ4n) is 4.03. The van der Waals surface area contributed by atoms with E-state index in [0.29, 0.717) is 0 Å². The van der Waals surface area contributed by atoms with Crippen LogP contribution in [-0.2, 0) is 6.54 Å². The summed E-state index contributed by atoms with van der Waals surface area (Å²) in [4.78, 5) is 7.41. The highest BCUT2D eigenvalue weighted by Crippen LogP contribution is 2.49. The zero-order valence-electron chi connectivity index (χ0n) is 10.3. The molecular formula is C14H17N3S. The molecule has 0 saturated heterocycles. The predicted octanol–water partition coefficient (Wildman–Crippen LogP) is 3.53. The molecule has 0 radical (unpaired) electrons. The van der Waals surface area contributed by atoms with Gasteiger partial charge in [-0.1, -0.05) is 6.42 Å². The van der Waals surface area contributed by atoms with E-state index in [4.69, 9.17) is 12.2 Å². The molecule has 2 heterocycles. The quantitative estimate of drug-likeness (QED) is 0.837. The number of H-pyrrole nitrogens is 1. The Kier molecular flexibility index (Phi) is 2.34. The smallest absolute Gasteiger partial charge is 0.178 e. The Bertz CT molecular complexity index is 642. The molecule has 2 aliphatic carbocycles. The molecule has 0 aliphatic heterocycles. The van der Waals surface area contributed by atoms with Crippen molar-refractivity contribution >= 4 is 23.3 Å². The minimum atomic E-state index is 0.836. The van der Waals surface area contributed by atoms with Gasteiger partial charge >= 0.3 is 0 Å². The molecule has 2 fully saturated rings. The first-order chi connectivity index (χ1) is 8.81. The van der Waals surface area contributed by atoms with Gasteiger partial charge in [-0.15, -0.1) is 0 Å². The Labute approximate surface area is 111 Å². The summed E-state index contributed by atoms with van der Waals surface area (Å²) in [5.74, 6) is 2.78. The predicted molar refractivity (Wildman–Crippen MR) is 73.9 cm³/mol. The number of rotatable bonds is 2. The second kappa shape index (κ2) is 3.92. The van der Waals surface area contributed by atoms with Crippen molar-refractivity contribution in [3.05, 3.63) is 23.2 Å². The molecule has 1 N–H and O–H groups in total. The van der Waals surface area contributed by atoms with Crippen molar-refractivity contribution in [1.29, 1.82) is 0 Å². The van der Waals surface area contributed by atoms with Crippen molar-refractivity contribution in [1.82, 2.24) is 14.5 Å². The van der Waals surface area contributed by atoms with Gasteiger partial charge in [0.2, 0.25) is 0 Å². The fraction of sp³-hybridized carbons (Fsp3) is 0.571. The van der Waals surface area contributed by atoms with Gasteiger partial charge in [0, 0.05) is 12.7 Å². The van der Waals surface area contributed by atoms with Gasteiger partial charge in [-0.25, -0.2) is 0 Å². The van der Waals surface area contributed by atoms with Crippen LogP contribution in [-0.4, -0.2) is 14.5 Å². The molecule has 0 spiro atoms. The number of hydrogen-bond donors (Lipinski definition) is 1. The maximum Gasteiger partial charge on any atom is 0.178 e. The molecule has 0 amide bonds. The summed E-state index contributed by atoms with van der Waals surface area (Å²) in [6.45, 7) is 1.09. The molecule has 4 heteroatoms. The highest BCUT2D eigenvalue weighted by Gasteiger charge is 2.39. The van der Waals surface area contributed by atoms with Gasteiger partial charge < -0.3 is 9.55 Å². The molecule has 3 atom stereocenters. The molecule has 2 aromatic heterocycles.